The zero-order valence-corrected chi connectivity index (χ0v) is 12.7. The monoisotopic (exact) mass is 294 g/mol. The van der Waals surface area contributed by atoms with Crippen LogP contribution in [0, 0.1) is 10.1 Å². The van der Waals surface area contributed by atoms with E-state index in [0.717, 1.165) is 25.1 Å². The zero-order valence-electron chi connectivity index (χ0n) is 11.9. The molecule has 0 unspecified atom stereocenters. The normalized spacial score (nSPS) is 17.2. The molecule has 0 aromatic heterocycles. The molecule has 0 saturated heterocycles. The molecule has 0 bridgehead atoms. The minimum atomic E-state index is -0.357. The maximum atomic E-state index is 10.6. The smallest absolute Gasteiger partial charge is 0.269 e. The molecule has 0 amide bonds. The summed E-state index contributed by atoms with van der Waals surface area (Å²) in [4.78, 5) is 10.2. The van der Waals surface area contributed by atoms with Crippen LogP contribution in [0.2, 0.25) is 0 Å². The van der Waals surface area contributed by atoms with E-state index >= 15 is 0 Å². The van der Waals surface area contributed by atoms with E-state index < -0.39 is 0 Å². The molecule has 0 heterocycles. The van der Waals surface area contributed by atoms with Crippen LogP contribution in [0.3, 0.4) is 0 Å². The van der Waals surface area contributed by atoms with Gasteiger partial charge in [0.15, 0.2) is 0 Å². The molecule has 1 aromatic rings. The van der Waals surface area contributed by atoms with Crippen LogP contribution in [-0.2, 0) is 6.42 Å². The van der Waals surface area contributed by atoms with E-state index in [4.69, 9.17) is 0 Å². The van der Waals surface area contributed by atoms with Crippen molar-refractivity contribution in [1.29, 1.82) is 0 Å². The highest BCUT2D eigenvalue weighted by Crippen LogP contribution is 2.39. The number of benzene rings is 1. The lowest BCUT2D eigenvalue weighted by Gasteiger charge is -2.27. The van der Waals surface area contributed by atoms with Gasteiger partial charge in [-0.1, -0.05) is 25.0 Å². The number of thioether (sulfide) groups is 1. The Balaban J connectivity index is 1.74. The van der Waals surface area contributed by atoms with Crippen molar-refractivity contribution in [3.05, 3.63) is 39.9 Å². The maximum Gasteiger partial charge on any atom is 0.269 e. The lowest BCUT2D eigenvalue weighted by Crippen LogP contribution is -2.36. The van der Waals surface area contributed by atoms with E-state index in [2.05, 4.69) is 11.6 Å². The summed E-state index contributed by atoms with van der Waals surface area (Å²) in [6, 6.07) is 6.85. The third kappa shape index (κ3) is 3.96. The van der Waals surface area contributed by atoms with Gasteiger partial charge in [-0.05, 0) is 37.6 Å². The van der Waals surface area contributed by atoms with E-state index in [0.29, 0.717) is 4.75 Å². The van der Waals surface area contributed by atoms with Crippen LogP contribution >= 0.6 is 11.8 Å². The van der Waals surface area contributed by atoms with Crippen molar-refractivity contribution in [2.24, 2.45) is 0 Å². The number of nitrogens with zero attached hydrogens (tertiary/aromatic N) is 1. The number of non-ortho nitro benzene ring substituents is 1. The lowest BCUT2D eigenvalue weighted by atomic mass is 10.1. The summed E-state index contributed by atoms with van der Waals surface area (Å²) < 4.78 is 0.440. The first kappa shape index (κ1) is 15.3. The molecule has 2 rings (SSSR count). The van der Waals surface area contributed by atoms with Gasteiger partial charge in [0.25, 0.3) is 5.69 Å². The molecular formula is C15H22N2O2S. The van der Waals surface area contributed by atoms with Gasteiger partial charge in [-0.15, -0.1) is 0 Å². The van der Waals surface area contributed by atoms with Crippen LogP contribution in [0.25, 0.3) is 0 Å². The number of hydrogen-bond acceptors (Lipinski definition) is 4. The van der Waals surface area contributed by atoms with Gasteiger partial charge in [-0.25, -0.2) is 0 Å². The standard InChI is InChI=1S/C15H22N2O2S/c1-20-15(9-2-3-10-15)12-16-11-8-13-4-6-14(7-5-13)17(18)19/h4-7,16H,2-3,8-12H2,1H3. The average Bonchev–Trinajstić information content (AvgIpc) is 2.93. The molecule has 1 aliphatic carbocycles. The summed E-state index contributed by atoms with van der Waals surface area (Å²) in [6.07, 6.45) is 8.47. The van der Waals surface area contributed by atoms with Gasteiger partial charge in [-0.3, -0.25) is 10.1 Å². The Labute approximate surface area is 124 Å². The second-order valence-electron chi connectivity index (χ2n) is 5.44. The van der Waals surface area contributed by atoms with Crippen LogP contribution in [0.1, 0.15) is 31.2 Å². The van der Waals surface area contributed by atoms with Gasteiger partial charge in [0, 0.05) is 23.4 Å². The topological polar surface area (TPSA) is 55.2 Å². The second kappa shape index (κ2) is 7.09. The first-order chi connectivity index (χ1) is 9.65. The van der Waals surface area contributed by atoms with Crippen molar-refractivity contribution in [1.82, 2.24) is 5.32 Å². The van der Waals surface area contributed by atoms with Crippen molar-refractivity contribution < 1.29 is 4.92 Å². The van der Waals surface area contributed by atoms with E-state index in [1.54, 1.807) is 12.1 Å². The Morgan fingerprint density at radius 2 is 1.95 bits per heavy atom. The molecule has 20 heavy (non-hydrogen) atoms. The molecule has 1 aromatic carbocycles. The quantitative estimate of drug-likeness (QED) is 0.476. The molecule has 1 fully saturated rings. The molecule has 1 saturated carbocycles. The Morgan fingerprint density at radius 3 is 2.50 bits per heavy atom. The summed E-state index contributed by atoms with van der Waals surface area (Å²) in [7, 11) is 0. The molecule has 0 aliphatic heterocycles. The summed E-state index contributed by atoms with van der Waals surface area (Å²) >= 11 is 1.99. The highest BCUT2D eigenvalue weighted by atomic mass is 32.2. The molecule has 1 N–H and O–H groups in total. The third-order valence-electron chi connectivity index (χ3n) is 4.13. The van der Waals surface area contributed by atoms with Crippen LogP contribution in [0.15, 0.2) is 24.3 Å². The summed E-state index contributed by atoms with van der Waals surface area (Å²) in [5.41, 5.74) is 1.31. The number of nitro groups is 1. The van der Waals surface area contributed by atoms with Crippen molar-refractivity contribution in [3.8, 4) is 0 Å². The van der Waals surface area contributed by atoms with Gasteiger partial charge >= 0.3 is 0 Å². The highest BCUT2D eigenvalue weighted by Gasteiger charge is 2.32. The Kier molecular flexibility index (Phi) is 5.43. The summed E-state index contributed by atoms with van der Waals surface area (Å²) in [5, 5.41) is 14.1. The van der Waals surface area contributed by atoms with Gasteiger partial charge in [0.1, 0.15) is 0 Å². The average molecular weight is 294 g/mol. The molecule has 5 heteroatoms. The second-order valence-corrected chi connectivity index (χ2v) is 6.72. The maximum absolute atomic E-state index is 10.6. The molecule has 0 radical (unpaired) electrons. The molecular weight excluding hydrogens is 272 g/mol. The van der Waals surface area contributed by atoms with Gasteiger partial charge in [-0.2, -0.15) is 11.8 Å². The first-order valence-corrected chi connectivity index (χ1v) is 8.37. The van der Waals surface area contributed by atoms with E-state index in [-0.39, 0.29) is 10.6 Å². The highest BCUT2D eigenvalue weighted by molar-refractivity contribution is 8.00. The summed E-state index contributed by atoms with van der Waals surface area (Å²) in [6.45, 7) is 2.00. The number of rotatable bonds is 7. The van der Waals surface area contributed by atoms with Crippen LogP contribution < -0.4 is 5.32 Å². The van der Waals surface area contributed by atoms with Crippen molar-refractivity contribution >= 4 is 17.4 Å². The number of hydrogen-bond donors (Lipinski definition) is 1. The molecule has 0 spiro atoms. The predicted molar refractivity (Wildman–Crippen MR) is 84.4 cm³/mol. The largest absolute Gasteiger partial charge is 0.315 e. The molecule has 0 atom stereocenters. The molecule has 1 aliphatic rings. The van der Waals surface area contributed by atoms with Crippen LogP contribution in [0.4, 0.5) is 5.69 Å². The van der Waals surface area contributed by atoms with Gasteiger partial charge < -0.3 is 5.32 Å². The SMILES string of the molecule is CSC1(CNCCc2ccc([N+](=O)[O-])cc2)CCCC1. The van der Waals surface area contributed by atoms with Crippen LogP contribution in [0.5, 0.6) is 0 Å². The van der Waals surface area contributed by atoms with E-state index in [1.807, 2.05) is 23.9 Å². The van der Waals surface area contributed by atoms with Gasteiger partial charge in [0.2, 0.25) is 0 Å². The third-order valence-corrected chi connectivity index (χ3v) is 5.55. The van der Waals surface area contributed by atoms with Crippen molar-refractivity contribution in [3.63, 3.8) is 0 Å². The van der Waals surface area contributed by atoms with Gasteiger partial charge in [0.05, 0.1) is 4.92 Å². The Bertz CT molecular complexity index is 442. The minimum Gasteiger partial charge on any atom is -0.315 e. The Hall–Kier alpha value is -1.07. The van der Waals surface area contributed by atoms with Crippen molar-refractivity contribution in [2.75, 3.05) is 19.3 Å². The number of nitro benzene ring substituents is 1. The fourth-order valence-electron chi connectivity index (χ4n) is 2.81. The fraction of sp³-hybridized carbons (Fsp3) is 0.600. The molecule has 4 nitrogen and oxygen atoms in total. The van der Waals surface area contributed by atoms with Crippen molar-refractivity contribution in [2.45, 2.75) is 36.9 Å². The Morgan fingerprint density at radius 1 is 1.30 bits per heavy atom. The van der Waals surface area contributed by atoms with Crippen LogP contribution in [-0.4, -0.2) is 29.0 Å². The van der Waals surface area contributed by atoms with E-state index in [1.165, 1.54) is 25.7 Å². The minimum absolute atomic E-state index is 0.161. The lowest BCUT2D eigenvalue weighted by molar-refractivity contribution is -0.384. The zero-order chi connectivity index (χ0) is 14.4. The van der Waals surface area contributed by atoms with E-state index in [9.17, 15) is 10.1 Å². The predicted octanol–water partition coefficient (Wildman–Crippen LogP) is 3.40. The number of nitrogens with one attached hydrogen (secondary N) is 1. The summed E-state index contributed by atoms with van der Waals surface area (Å²) in [5.74, 6) is 0. The fourth-order valence-corrected chi connectivity index (χ4v) is 3.75. The first-order valence-electron chi connectivity index (χ1n) is 7.14. The molecule has 110 valence electrons.